The third-order valence-corrected chi connectivity index (χ3v) is 3.95. The normalized spacial score (nSPS) is 13.4. The molecule has 4 heteroatoms. The average Bonchev–Trinajstić information content (AvgIpc) is 2.21. The molecule has 1 atom stereocenters. The van der Waals surface area contributed by atoms with Crippen LogP contribution in [0.5, 0.6) is 0 Å². The quantitative estimate of drug-likeness (QED) is 0.255. The van der Waals surface area contributed by atoms with Crippen LogP contribution in [0.25, 0.3) is 0 Å². The van der Waals surface area contributed by atoms with E-state index in [0.29, 0.717) is 0 Å². The van der Waals surface area contributed by atoms with Gasteiger partial charge in [-0.1, -0.05) is 19.3 Å². The largest absolute Gasteiger partial charge is 0.179 e. The maximum atomic E-state index is 4.41. The average molecular weight is 285 g/mol. The fraction of sp³-hybridized carbons (Fsp3) is 1.00. The predicted molar refractivity (Wildman–Crippen MR) is 85.3 cm³/mol. The number of hydrogen-bond donors (Lipinski definition) is 4. The molecule has 0 spiro atoms. The summed E-state index contributed by atoms with van der Waals surface area (Å²) in [4.78, 5) is 0. The van der Waals surface area contributed by atoms with Crippen LogP contribution in [-0.2, 0) is 0 Å². The molecule has 0 aliphatic heterocycles. The smallest absolute Gasteiger partial charge is 0.0442 e. The monoisotopic (exact) mass is 284 g/mol. The second-order valence-corrected chi connectivity index (χ2v) is 6.50. The van der Waals surface area contributed by atoms with Crippen LogP contribution in [0.15, 0.2) is 0 Å². The summed E-state index contributed by atoms with van der Waals surface area (Å²) in [5.74, 6) is 2.84. The van der Waals surface area contributed by atoms with Gasteiger partial charge in [0.15, 0.2) is 0 Å². The van der Waals surface area contributed by atoms with Gasteiger partial charge in [-0.25, -0.2) is 0 Å². The van der Waals surface area contributed by atoms with Crippen LogP contribution in [0, 0.1) is 5.92 Å². The summed E-state index contributed by atoms with van der Waals surface area (Å²) >= 11 is 17.1. The fourth-order valence-corrected chi connectivity index (χ4v) is 2.59. The third-order valence-electron chi connectivity index (χ3n) is 2.60. The Morgan fingerprint density at radius 1 is 0.733 bits per heavy atom. The zero-order chi connectivity index (χ0) is 11.5. The van der Waals surface area contributed by atoms with Crippen LogP contribution in [-0.4, -0.2) is 16.1 Å². The van der Waals surface area contributed by atoms with E-state index >= 15 is 0 Å². The molecule has 0 N–H and O–H groups in total. The summed E-state index contributed by atoms with van der Waals surface area (Å²) in [5, 5.41) is 0. The van der Waals surface area contributed by atoms with Crippen molar-refractivity contribution < 1.29 is 0 Å². The Bertz CT molecular complexity index is 128. The van der Waals surface area contributed by atoms with Crippen molar-refractivity contribution >= 4 is 50.5 Å². The first-order valence-electron chi connectivity index (χ1n) is 5.78. The van der Waals surface area contributed by atoms with Crippen LogP contribution in [0.1, 0.15) is 44.9 Å². The molecule has 0 aromatic rings. The van der Waals surface area contributed by atoms with E-state index in [1.807, 2.05) is 0 Å². The molecule has 0 radical (unpaired) electrons. The second kappa shape index (κ2) is 11.9. The molecule has 0 nitrogen and oxygen atoms in total. The molecule has 15 heavy (non-hydrogen) atoms. The second-order valence-electron chi connectivity index (χ2n) is 4.03. The van der Waals surface area contributed by atoms with Gasteiger partial charge in [-0.2, -0.15) is 50.5 Å². The van der Waals surface area contributed by atoms with E-state index in [1.165, 1.54) is 38.5 Å². The Balaban J connectivity index is 3.35. The molecule has 92 valence electrons. The van der Waals surface area contributed by atoms with Crippen molar-refractivity contribution in [3.63, 3.8) is 0 Å². The Hall–Kier alpha value is 1.40. The molecule has 0 aliphatic rings. The topological polar surface area (TPSA) is 0 Å². The first kappa shape index (κ1) is 16.4. The molecule has 0 rings (SSSR count). The lowest BCUT2D eigenvalue weighted by molar-refractivity contribution is 0.456. The molecule has 0 aromatic heterocycles. The molecule has 0 fully saturated rings. The van der Waals surface area contributed by atoms with Crippen LogP contribution < -0.4 is 0 Å². The lowest BCUT2D eigenvalue weighted by Gasteiger charge is -2.14. The molecular formula is C11H24S4. The Morgan fingerprint density at radius 2 is 1.27 bits per heavy atom. The van der Waals surface area contributed by atoms with Crippen molar-refractivity contribution in [1.82, 2.24) is 0 Å². The van der Waals surface area contributed by atoms with E-state index < -0.39 is 0 Å². The molecule has 1 unspecified atom stereocenters. The van der Waals surface area contributed by atoms with Gasteiger partial charge in [-0.05, 0) is 43.1 Å². The maximum Gasteiger partial charge on any atom is 0.0442 e. The number of unbranched alkanes of at least 4 members (excludes halogenated alkanes) is 2. The van der Waals surface area contributed by atoms with Gasteiger partial charge in [0.05, 0.1) is 0 Å². The lowest BCUT2D eigenvalue weighted by Crippen LogP contribution is -2.03. The van der Waals surface area contributed by atoms with Gasteiger partial charge in [0.25, 0.3) is 0 Å². The summed E-state index contributed by atoms with van der Waals surface area (Å²) in [6, 6.07) is 0. The lowest BCUT2D eigenvalue weighted by atomic mass is 9.97. The maximum absolute atomic E-state index is 4.41. The molecule has 0 amide bonds. The van der Waals surface area contributed by atoms with Crippen molar-refractivity contribution in [2.45, 2.75) is 49.5 Å². The van der Waals surface area contributed by atoms with E-state index in [2.05, 4.69) is 50.5 Å². The molecule has 0 heterocycles. The zero-order valence-corrected chi connectivity index (χ0v) is 12.9. The standard InChI is InChI=1S/C11H24S4/c12-8-4-3-6-10(9-13)5-1-2-7-11(14)15/h10-15H,1-9H2. The minimum Gasteiger partial charge on any atom is -0.179 e. The van der Waals surface area contributed by atoms with Gasteiger partial charge in [-0.15, -0.1) is 0 Å². The summed E-state index contributed by atoms with van der Waals surface area (Å²) in [6.07, 6.45) is 8.82. The van der Waals surface area contributed by atoms with Crippen molar-refractivity contribution in [3.8, 4) is 0 Å². The number of rotatable bonds is 10. The molecule has 0 bridgehead atoms. The summed E-state index contributed by atoms with van der Waals surface area (Å²) < 4.78 is 0.253. The van der Waals surface area contributed by atoms with Gasteiger partial charge >= 0.3 is 0 Å². The first-order chi connectivity index (χ1) is 7.20. The van der Waals surface area contributed by atoms with Crippen molar-refractivity contribution in [1.29, 1.82) is 0 Å². The van der Waals surface area contributed by atoms with Gasteiger partial charge < -0.3 is 0 Å². The molecular weight excluding hydrogens is 260 g/mol. The summed E-state index contributed by atoms with van der Waals surface area (Å²) in [6.45, 7) is 0. The van der Waals surface area contributed by atoms with Crippen molar-refractivity contribution in [3.05, 3.63) is 0 Å². The SMILES string of the molecule is SCCCCC(CS)CCCCC(S)S. The van der Waals surface area contributed by atoms with Crippen LogP contribution in [0.3, 0.4) is 0 Å². The van der Waals surface area contributed by atoms with Crippen LogP contribution in [0.2, 0.25) is 0 Å². The van der Waals surface area contributed by atoms with Crippen molar-refractivity contribution in [2.75, 3.05) is 11.5 Å². The van der Waals surface area contributed by atoms with Crippen LogP contribution in [0.4, 0.5) is 0 Å². The molecule has 0 aliphatic carbocycles. The number of thiol groups is 4. The van der Waals surface area contributed by atoms with Gasteiger partial charge in [-0.3, -0.25) is 0 Å². The van der Waals surface area contributed by atoms with Gasteiger partial charge in [0.1, 0.15) is 0 Å². The van der Waals surface area contributed by atoms with E-state index in [1.54, 1.807) is 0 Å². The molecule has 0 aromatic carbocycles. The predicted octanol–water partition coefficient (Wildman–Crippen LogP) is 4.38. The van der Waals surface area contributed by atoms with Crippen molar-refractivity contribution in [2.24, 2.45) is 5.92 Å². The zero-order valence-electron chi connectivity index (χ0n) is 9.31. The molecule has 0 saturated carbocycles. The summed E-state index contributed by atoms with van der Waals surface area (Å²) in [7, 11) is 0. The Morgan fingerprint density at radius 3 is 1.73 bits per heavy atom. The highest BCUT2D eigenvalue weighted by atomic mass is 32.2. The number of hydrogen-bond acceptors (Lipinski definition) is 4. The Kier molecular flexibility index (Phi) is 13.0. The van der Waals surface area contributed by atoms with Gasteiger partial charge in [0.2, 0.25) is 0 Å². The highest BCUT2D eigenvalue weighted by Crippen LogP contribution is 2.19. The fourth-order valence-electron chi connectivity index (χ4n) is 1.63. The van der Waals surface area contributed by atoms with Crippen LogP contribution >= 0.6 is 50.5 Å². The minimum absolute atomic E-state index is 0.253. The molecule has 0 saturated heterocycles. The minimum atomic E-state index is 0.253. The first-order valence-corrected chi connectivity index (χ1v) is 8.08. The van der Waals surface area contributed by atoms with E-state index in [-0.39, 0.29) is 4.58 Å². The van der Waals surface area contributed by atoms with E-state index in [9.17, 15) is 0 Å². The Labute approximate surface area is 117 Å². The van der Waals surface area contributed by atoms with Gasteiger partial charge in [0, 0.05) is 4.58 Å². The van der Waals surface area contributed by atoms with E-state index in [4.69, 9.17) is 0 Å². The highest BCUT2D eigenvalue weighted by molar-refractivity contribution is 7.99. The third kappa shape index (κ3) is 11.7. The van der Waals surface area contributed by atoms with E-state index in [0.717, 1.165) is 23.8 Å². The highest BCUT2D eigenvalue weighted by Gasteiger charge is 2.06. The summed E-state index contributed by atoms with van der Waals surface area (Å²) in [5.41, 5.74) is 0.